The third kappa shape index (κ3) is 3.52. The number of hydrogen-bond acceptors (Lipinski definition) is 5. The number of ether oxygens (including phenoxy) is 1. The molecule has 0 bridgehead atoms. The number of aryl methyl sites for hydroxylation is 1. The molecule has 6 nitrogen and oxygen atoms in total. The summed E-state index contributed by atoms with van der Waals surface area (Å²) in [5.41, 5.74) is 0.0645. The van der Waals surface area contributed by atoms with Crippen molar-refractivity contribution in [1.82, 2.24) is 4.57 Å². The molecule has 0 unspecified atom stereocenters. The SMILES string of the molecule is Cn1cc(S(=O)(=O)c2cccc(Cl)c2)c(=O)c2cc(F)c(N3CCOCC3)cc21. The maximum Gasteiger partial charge on any atom is 0.211 e. The highest BCUT2D eigenvalue weighted by atomic mass is 35.5. The molecule has 1 aliphatic rings. The number of aromatic nitrogens is 1. The van der Waals surface area contributed by atoms with Gasteiger partial charge in [0.15, 0.2) is 0 Å². The van der Waals surface area contributed by atoms with Crippen molar-refractivity contribution < 1.29 is 17.5 Å². The summed E-state index contributed by atoms with van der Waals surface area (Å²) in [5.74, 6) is -0.575. The van der Waals surface area contributed by atoms with Crippen LogP contribution in [0.25, 0.3) is 10.9 Å². The van der Waals surface area contributed by atoms with Crippen LogP contribution in [-0.2, 0) is 21.6 Å². The highest BCUT2D eigenvalue weighted by molar-refractivity contribution is 7.91. The molecule has 9 heteroatoms. The molecule has 2 aromatic carbocycles. The quantitative estimate of drug-likeness (QED) is 0.631. The average Bonchev–Trinajstić information content (AvgIpc) is 2.71. The summed E-state index contributed by atoms with van der Waals surface area (Å²) in [6.07, 6.45) is 1.27. The van der Waals surface area contributed by atoms with Crippen LogP contribution in [0.15, 0.2) is 57.2 Å². The summed E-state index contributed by atoms with van der Waals surface area (Å²) in [6.45, 7) is 2.07. The van der Waals surface area contributed by atoms with Crippen LogP contribution in [0, 0.1) is 5.82 Å². The minimum Gasteiger partial charge on any atom is -0.378 e. The van der Waals surface area contributed by atoms with E-state index in [-0.39, 0.29) is 15.3 Å². The molecular weight excluding hydrogens is 419 g/mol. The fraction of sp³-hybridized carbons (Fsp3) is 0.250. The van der Waals surface area contributed by atoms with Crippen molar-refractivity contribution in [2.45, 2.75) is 9.79 Å². The summed E-state index contributed by atoms with van der Waals surface area (Å²) < 4.78 is 47.7. The highest BCUT2D eigenvalue weighted by Crippen LogP contribution is 2.28. The van der Waals surface area contributed by atoms with E-state index in [0.29, 0.717) is 37.5 Å². The first-order valence-electron chi connectivity index (χ1n) is 8.95. The number of morpholine rings is 1. The first-order valence-corrected chi connectivity index (χ1v) is 10.8. The molecule has 2 heterocycles. The van der Waals surface area contributed by atoms with Crippen LogP contribution in [0.1, 0.15) is 0 Å². The van der Waals surface area contributed by atoms with Gasteiger partial charge in [-0.2, -0.15) is 0 Å². The largest absolute Gasteiger partial charge is 0.378 e. The van der Waals surface area contributed by atoms with E-state index in [0.717, 1.165) is 6.07 Å². The van der Waals surface area contributed by atoms with Gasteiger partial charge in [0.1, 0.15) is 10.7 Å². The topological polar surface area (TPSA) is 68.6 Å². The number of rotatable bonds is 3. The van der Waals surface area contributed by atoms with Gasteiger partial charge in [0.25, 0.3) is 0 Å². The van der Waals surface area contributed by atoms with Crippen molar-refractivity contribution in [3.8, 4) is 0 Å². The van der Waals surface area contributed by atoms with Crippen LogP contribution >= 0.6 is 11.6 Å². The van der Waals surface area contributed by atoms with Gasteiger partial charge in [0.05, 0.1) is 34.7 Å². The summed E-state index contributed by atoms with van der Waals surface area (Å²) in [5, 5.41) is 0.245. The van der Waals surface area contributed by atoms with Crippen molar-refractivity contribution >= 4 is 38.0 Å². The summed E-state index contributed by atoms with van der Waals surface area (Å²) in [7, 11) is -2.49. The highest BCUT2D eigenvalue weighted by Gasteiger charge is 2.25. The number of halogens is 2. The Labute approximate surface area is 172 Å². The predicted octanol–water partition coefficient (Wildman–Crippen LogP) is 3.00. The maximum atomic E-state index is 14.8. The van der Waals surface area contributed by atoms with E-state index in [1.54, 1.807) is 19.2 Å². The minimum absolute atomic E-state index is 0.00473. The summed E-state index contributed by atoms with van der Waals surface area (Å²) in [6, 6.07) is 8.37. The van der Waals surface area contributed by atoms with E-state index in [1.165, 1.54) is 29.0 Å². The summed E-state index contributed by atoms with van der Waals surface area (Å²) >= 11 is 5.91. The number of pyridine rings is 1. The average molecular weight is 437 g/mol. The standard InChI is InChI=1S/C20H18ClFN2O4S/c1-23-12-19(29(26,27)14-4-2-3-13(21)9-14)20(25)15-10-16(22)18(11-17(15)23)24-5-7-28-8-6-24/h2-4,9-12H,5-8H2,1H3. The van der Waals surface area contributed by atoms with Gasteiger partial charge in [-0.3, -0.25) is 4.79 Å². The molecule has 1 aromatic heterocycles. The van der Waals surface area contributed by atoms with Gasteiger partial charge in [0, 0.05) is 31.4 Å². The molecule has 4 rings (SSSR count). The Balaban J connectivity index is 1.90. The first kappa shape index (κ1) is 19.9. The van der Waals surface area contributed by atoms with Crippen molar-refractivity contribution in [3.05, 3.63) is 63.7 Å². The van der Waals surface area contributed by atoms with Crippen LogP contribution < -0.4 is 10.3 Å². The monoisotopic (exact) mass is 436 g/mol. The lowest BCUT2D eigenvalue weighted by molar-refractivity contribution is 0.122. The van der Waals surface area contributed by atoms with Gasteiger partial charge in [-0.25, -0.2) is 12.8 Å². The van der Waals surface area contributed by atoms with E-state index in [2.05, 4.69) is 0 Å². The first-order chi connectivity index (χ1) is 13.8. The number of fused-ring (bicyclic) bond motifs is 1. The molecule has 152 valence electrons. The van der Waals surface area contributed by atoms with Crippen molar-refractivity contribution in [3.63, 3.8) is 0 Å². The van der Waals surface area contributed by atoms with Gasteiger partial charge in [-0.1, -0.05) is 17.7 Å². The van der Waals surface area contributed by atoms with Gasteiger partial charge in [0.2, 0.25) is 15.3 Å². The molecule has 0 N–H and O–H groups in total. The van der Waals surface area contributed by atoms with E-state index in [1.807, 2.05) is 4.90 Å². The second-order valence-corrected chi connectivity index (χ2v) is 9.17. The number of benzene rings is 2. The molecular formula is C20H18ClFN2O4S. The molecule has 3 aromatic rings. The lowest BCUT2D eigenvalue weighted by Gasteiger charge is -2.29. The molecule has 0 amide bonds. The Morgan fingerprint density at radius 1 is 1.14 bits per heavy atom. The lowest BCUT2D eigenvalue weighted by Crippen LogP contribution is -2.36. The Hall–Kier alpha value is -2.42. The lowest BCUT2D eigenvalue weighted by atomic mass is 10.1. The van der Waals surface area contributed by atoms with Crippen LogP contribution in [-0.4, -0.2) is 39.3 Å². The zero-order valence-corrected chi connectivity index (χ0v) is 17.1. The molecule has 1 fully saturated rings. The molecule has 0 atom stereocenters. The van der Waals surface area contributed by atoms with Crippen LogP contribution in [0.3, 0.4) is 0 Å². The zero-order chi connectivity index (χ0) is 20.8. The minimum atomic E-state index is -4.12. The Kier molecular flexibility index (Phi) is 5.10. The van der Waals surface area contributed by atoms with Gasteiger partial charge < -0.3 is 14.2 Å². The fourth-order valence-corrected chi connectivity index (χ4v) is 5.16. The van der Waals surface area contributed by atoms with Crippen LogP contribution in [0.2, 0.25) is 5.02 Å². The number of hydrogen-bond donors (Lipinski definition) is 0. The van der Waals surface area contributed by atoms with Gasteiger partial charge >= 0.3 is 0 Å². The fourth-order valence-electron chi connectivity index (χ4n) is 3.46. The number of sulfone groups is 1. The smallest absolute Gasteiger partial charge is 0.211 e. The van der Waals surface area contributed by atoms with E-state index in [4.69, 9.17) is 16.3 Å². The molecule has 0 aliphatic carbocycles. The van der Waals surface area contributed by atoms with Crippen molar-refractivity contribution in [2.24, 2.45) is 7.05 Å². The summed E-state index contributed by atoms with van der Waals surface area (Å²) in [4.78, 5) is 14.3. The number of anilines is 1. The second kappa shape index (κ2) is 7.44. The molecule has 1 aliphatic heterocycles. The molecule has 0 spiro atoms. The van der Waals surface area contributed by atoms with E-state index in [9.17, 15) is 17.6 Å². The third-order valence-electron chi connectivity index (χ3n) is 4.97. The molecule has 0 radical (unpaired) electrons. The Morgan fingerprint density at radius 3 is 2.55 bits per heavy atom. The third-order valence-corrected chi connectivity index (χ3v) is 6.95. The van der Waals surface area contributed by atoms with E-state index < -0.39 is 26.0 Å². The Morgan fingerprint density at radius 2 is 1.86 bits per heavy atom. The van der Waals surface area contributed by atoms with Gasteiger partial charge in [-0.05, 0) is 30.3 Å². The zero-order valence-electron chi connectivity index (χ0n) is 15.6. The normalized spacial score (nSPS) is 15.1. The van der Waals surface area contributed by atoms with E-state index >= 15 is 0 Å². The molecule has 0 saturated carbocycles. The molecule has 1 saturated heterocycles. The van der Waals surface area contributed by atoms with Crippen LogP contribution in [0.4, 0.5) is 10.1 Å². The Bertz CT molecular complexity index is 1270. The number of nitrogens with zero attached hydrogens (tertiary/aromatic N) is 2. The van der Waals surface area contributed by atoms with Gasteiger partial charge in [-0.15, -0.1) is 0 Å². The van der Waals surface area contributed by atoms with Crippen molar-refractivity contribution in [1.29, 1.82) is 0 Å². The predicted molar refractivity (Wildman–Crippen MR) is 109 cm³/mol. The maximum absolute atomic E-state index is 14.8. The molecule has 29 heavy (non-hydrogen) atoms. The van der Waals surface area contributed by atoms with Crippen molar-refractivity contribution in [2.75, 3.05) is 31.2 Å². The van der Waals surface area contributed by atoms with Crippen LogP contribution in [0.5, 0.6) is 0 Å². The second-order valence-electron chi connectivity index (χ2n) is 6.81.